The van der Waals surface area contributed by atoms with Gasteiger partial charge in [0.25, 0.3) is 0 Å². The highest BCUT2D eigenvalue weighted by Crippen LogP contribution is 2.48. The van der Waals surface area contributed by atoms with E-state index in [4.69, 9.17) is 5.73 Å². The molecule has 2 aromatic rings. The second-order valence-corrected chi connectivity index (χ2v) is 6.08. The van der Waals surface area contributed by atoms with Gasteiger partial charge in [-0.3, -0.25) is 0 Å². The summed E-state index contributed by atoms with van der Waals surface area (Å²) in [6.07, 6.45) is 7.82. The van der Waals surface area contributed by atoms with Crippen molar-refractivity contribution in [2.24, 2.45) is 17.8 Å². The average molecular weight is 241 g/mol. The first-order valence-corrected chi connectivity index (χ1v) is 7.00. The molecular weight excluding hydrogens is 222 g/mol. The van der Waals surface area contributed by atoms with Gasteiger partial charge in [0.2, 0.25) is 0 Å². The Morgan fingerprint density at radius 2 is 2.22 bits per heavy atom. The van der Waals surface area contributed by atoms with E-state index in [1.807, 2.05) is 18.5 Å². The predicted molar refractivity (Wildman–Crippen MR) is 73.1 cm³/mol. The summed E-state index contributed by atoms with van der Waals surface area (Å²) in [4.78, 5) is 4.47. The van der Waals surface area contributed by atoms with Crippen molar-refractivity contribution in [1.29, 1.82) is 0 Å². The van der Waals surface area contributed by atoms with E-state index < -0.39 is 0 Å². The largest absolute Gasteiger partial charge is 0.399 e. The maximum absolute atomic E-state index is 5.80. The van der Waals surface area contributed by atoms with Gasteiger partial charge >= 0.3 is 0 Å². The van der Waals surface area contributed by atoms with E-state index in [2.05, 4.69) is 15.6 Å². The third-order valence-electron chi connectivity index (χ3n) is 4.96. The molecule has 2 fully saturated rings. The van der Waals surface area contributed by atoms with Crippen molar-refractivity contribution < 1.29 is 0 Å². The third-order valence-corrected chi connectivity index (χ3v) is 4.96. The number of nitrogens with zero attached hydrogens (tertiary/aromatic N) is 2. The lowest BCUT2D eigenvalue weighted by molar-refractivity contribution is 0.298. The van der Waals surface area contributed by atoms with Crippen LogP contribution in [0.2, 0.25) is 0 Å². The lowest BCUT2D eigenvalue weighted by Crippen LogP contribution is -2.16. The van der Waals surface area contributed by atoms with Crippen LogP contribution < -0.4 is 5.73 Å². The zero-order chi connectivity index (χ0) is 12.1. The minimum absolute atomic E-state index is 0.799. The lowest BCUT2D eigenvalue weighted by Gasteiger charge is -2.22. The van der Waals surface area contributed by atoms with Gasteiger partial charge in [0.1, 0.15) is 0 Å². The fraction of sp³-hybridized carbons (Fsp3) is 0.533. The van der Waals surface area contributed by atoms with E-state index >= 15 is 0 Å². The number of imidazole rings is 1. The first kappa shape index (κ1) is 10.4. The number of nitrogen functional groups attached to an aromatic ring is 1. The van der Waals surface area contributed by atoms with Gasteiger partial charge in [-0.15, -0.1) is 0 Å². The van der Waals surface area contributed by atoms with Gasteiger partial charge in [-0.1, -0.05) is 6.42 Å². The molecule has 2 saturated carbocycles. The Kier molecular flexibility index (Phi) is 2.16. The predicted octanol–water partition coefficient (Wildman–Crippen LogP) is 3.05. The number of anilines is 1. The van der Waals surface area contributed by atoms with E-state index in [0.717, 1.165) is 35.5 Å². The SMILES string of the molecule is Nc1ccc2c(c1)ncn2CC1CC2CCC1C2. The Balaban J connectivity index is 1.63. The molecule has 3 atom stereocenters. The molecule has 0 aliphatic heterocycles. The van der Waals surface area contributed by atoms with Crippen LogP contribution in [0.15, 0.2) is 24.5 Å². The summed E-state index contributed by atoms with van der Waals surface area (Å²) in [6.45, 7) is 1.14. The van der Waals surface area contributed by atoms with E-state index in [0.29, 0.717) is 0 Å². The van der Waals surface area contributed by atoms with E-state index in [1.165, 1.54) is 31.2 Å². The number of rotatable bonds is 2. The highest BCUT2D eigenvalue weighted by molar-refractivity contribution is 5.78. The molecule has 3 unspecified atom stereocenters. The van der Waals surface area contributed by atoms with Crippen molar-refractivity contribution in [2.75, 3.05) is 5.73 Å². The zero-order valence-electron chi connectivity index (χ0n) is 10.5. The van der Waals surface area contributed by atoms with E-state index in [1.54, 1.807) is 0 Å². The van der Waals surface area contributed by atoms with Gasteiger partial charge in [0.15, 0.2) is 0 Å². The number of nitrogens with two attached hydrogens (primary N) is 1. The van der Waals surface area contributed by atoms with Gasteiger partial charge in [-0.25, -0.2) is 4.98 Å². The number of benzene rings is 1. The fourth-order valence-electron chi connectivity index (χ4n) is 4.08. The van der Waals surface area contributed by atoms with Gasteiger partial charge < -0.3 is 10.3 Å². The second-order valence-electron chi connectivity index (χ2n) is 6.08. The van der Waals surface area contributed by atoms with Crippen LogP contribution in [0.1, 0.15) is 25.7 Å². The van der Waals surface area contributed by atoms with Crippen LogP contribution in [0.5, 0.6) is 0 Å². The van der Waals surface area contributed by atoms with Crippen LogP contribution in [-0.2, 0) is 6.54 Å². The van der Waals surface area contributed by atoms with Crippen LogP contribution >= 0.6 is 0 Å². The average Bonchev–Trinajstić information content (AvgIpc) is 3.04. The maximum atomic E-state index is 5.80. The van der Waals surface area contributed by atoms with Crippen LogP contribution in [0, 0.1) is 17.8 Å². The Morgan fingerprint density at radius 1 is 1.28 bits per heavy atom. The van der Waals surface area contributed by atoms with Crippen molar-refractivity contribution in [3.8, 4) is 0 Å². The second kappa shape index (κ2) is 3.74. The minimum Gasteiger partial charge on any atom is -0.399 e. The fourth-order valence-corrected chi connectivity index (χ4v) is 4.08. The third kappa shape index (κ3) is 1.53. The molecule has 1 heterocycles. The molecule has 2 aliphatic rings. The van der Waals surface area contributed by atoms with Crippen LogP contribution in [0.25, 0.3) is 11.0 Å². The Labute approximate surface area is 107 Å². The van der Waals surface area contributed by atoms with Gasteiger partial charge in [-0.2, -0.15) is 0 Å². The highest BCUT2D eigenvalue weighted by atomic mass is 15.0. The van der Waals surface area contributed by atoms with Crippen molar-refractivity contribution in [2.45, 2.75) is 32.2 Å². The van der Waals surface area contributed by atoms with Crippen molar-refractivity contribution in [3.05, 3.63) is 24.5 Å². The highest BCUT2D eigenvalue weighted by Gasteiger charge is 2.39. The summed E-state index contributed by atoms with van der Waals surface area (Å²) in [5.74, 6) is 2.87. The van der Waals surface area contributed by atoms with Gasteiger partial charge in [0, 0.05) is 12.2 Å². The number of fused-ring (bicyclic) bond motifs is 3. The number of aromatic nitrogens is 2. The van der Waals surface area contributed by atoms with Crippen molar-refractivity contribution in [1.82, 2.24) is 9.55 Å². The Hall–Kier alpha value is -1.51. The molecule has 2 bridgehead atoms. The molecule has 0 amide bonds. The number of hydrogen-bond donors (Lipinski definition) is 1. The molecule has 0 saturated heterocycles. The molecule has 0 spiro atoms. The Bertz CT molecular complexity index is 586. The quantitative estimate of drug-likeness (QED) is 0.821. The summed E-state index contributed by atoms with van der Waals surface area (Å²) >= 11 is 0. The van der Waals surface area contributed by atoms with Crippen LogP contribution in [0.4, 0.5) is 5.69 Å². The molecule has 94 valence electrons. The van der Waals surface area contributed by atoms with Crippen LogP contribution in [0.3, 0.4) is 0 Å². The molecule has 3 nitrogen and oxygen atoms in total. The molecular formula is C15H19N3. The van der Waals surface area contributed by atoms with Gasteiger partial charge in [0.05, 0.1) is 17.4 Å². The molecule has 1 aromatic heterocycles. The summed E-state index contributed by atoms with van der Waals surface area (Å²) in [7, 11) is 0. The van der Waals surface area contributed by atoms with Crippen LogP contribution in [-0.4, -0.2) is 9.55 Å². The number of hydrogen-bond acceptors (Lipinski definition) is 2. The molecule has 4 rings (SSSR count). The zero-order valence-corrected chi connectivity index (χ0v) is 10.5. The first-order valence-electron chi connectivity index (χ1n) is 7.00. The summed E-state index contributed by atoms with van der Waals surface area (Å²) in [5, 5.41) is 0. The Morgan fingerprint density at radius 3 is 3.00 bits per heavy atom. The topological polar surface area (TPSA) is 43.8 Å². The van der Waals surface area contributed by atoms with E-state index in [-0.39, 0.29) is 0 Å². The molecule has 2 aliphatic carbocycles. The van der Waals surface area contributed by atoms with Gasteiger partial charge in [-0.05, 0) is 55.2 Å². The summed E-state index contributed by atoms with van der Waals surface area (Å²) in [5.41, 5.74) is 8.85. The smallest absolute Gasteiger partial charge is 0.0958 e. The molecule has 2 N–H and O–H groups in total. The van der Waals surface area contributed by atoms with E-state index in [9.17, 15) is 0 Å². The summed E-state index contributed by atoms with van der Waals surface area (Å²) in [6, 6.07) is 6.04. The molecule has 1 aromatic carbocycles. The normalized spacial score (nSPS) is 30.3. The lowest BCUT2D eigenvalue weighted by atomic mass is 9.89. The summed E-state index contributed by atoms with van der Waals surface area (Å²) < 4.78 is 2.32. The standard InChI is InChI=1S/C15H19N3/c16-13-3-4-15-14(7-13)17-9-18(15)8-12-6-10-1-2-11(12)5-10/h3-4,7,9-12H,1-2,5-6,8,16H2. The molecule has 3 heteroatoms. The van der Waals surface area contributed by atoms with Crippen molar-refractivity contribution >= 4 is 16.7 Å². The van der Waals surface area contributed by atoms with Crippen molar-refractivity contribution in [3.63, 3.8) is 0 Å². The maximum Gasteiger partial charge on any atom is 0.0958 e. The first-order chi connectivity index (χ1) is 8.79. The minimum atomic E-state index is 0.799. The monoisotopic (exact) mass is 241 g/mol. The molecule has 18 heavy (non-hydrogen) atoms. The molecule has 0 radical (unpaired) electrons.